The molecule has 3 aromatic carbocycles. The van der Waals surface area contributed by atoms with Gasteiger partial charge in [-0.05, 0) is 107 Å². The van der Waals surface area contributed by atoms with E-state index in [-0.39, 0.29) is 43.7 Å². The van der Waals surface area contributed by atoms with Crippen molar-refractivity contribution >= 4 is 29.7 Å². The summed E-state index contributed by atoms with van der Waals surface area (Å²) in [6.45, 7) is 15.8. The summed E-state index contributed by atoms with van der Waals surface area (Å²) in [4.78, 5) is 39.2. The lowest BCUT2D eigenvalue weighted by molar-refractivity contribution is -0.163. The van der Waals surface area contributed by atoms with E-state index >= 15 is 0 Å². The van der Waals surface area contributed by atoms with Crippen molar-refractivity contribution in [1.29, 1.82) is 5.41 Å². The number of amides is 1. The van der Waals surface area contributed by atoms with E-state index in [1.165, 1.54) is 0 Å². The Morgan fingerprint density at radius 1 is 0.962 bits per heavy atom. The quantitative estimate of drug-likeness (QED) is 0.0478. The van der Waals surface area contributed by atoms with Crippen LogP contribution in [0.5, 0.6) is 5.75 Å². The zero-order valence-electron chi connectivity index (χ0n) is 32.0. The van der Waals surface area contributed by atoms with E-state index in [1.807, 2.05) is 90.1 Å². The zero-order chi connectivity index (χ0) is 38.7. The number of rotatable bonds is 12. The van der Waals surface area contributed by atoms with Crippen LogP contribution in [0.2, 0.25) is 0 Å². The summed E-state index contributed by atoms with van der Waals surface area (Å²) < 4.78 is 22.6. The number of alkyl carbamates (subject to hydrolysis) is 1. The van der Waals surface area contributed by atoms with Crippen molar-refractivity contribution in [2.24, 2.45) is 5.73 Å². The Kier molecular flexibility index (Phi) is 11.8. The molecule has 53 heavy (non-hydrogen) atoms. The van der Waals surface area contributed by atoms with E-state index < -0.39 is 35.7 Å². The highest BCUT2D eigenvalue weighted by Gasteiger charge is 2.35. The Balaban J connectivity index is 1.20. The van der Waals surface area contributed by atoms with Gasteiger partial charge in [-0.25, -0.2) is 14.4 Å². The molecule has 6 N–H and O–H groups in total. The van der Waals surface area contributed by atoms with Gasteiger partial charge in [0.25, 0.3) is 0 Å². The summed E-state index contributed by atoms with van der Waals surface area (Å²) >= 11 is 0. The Hall–Kier alpha value is -4.94. The van der Waals surface area contributed by atoms with Crippen molar-refractivity contribution in [3.63, 3.8) is 0 Å². The lowest BCUT2D eigenvalue weighted by atomic mass is 9.92. The van der Waals surface area contributed by atoms with E-state index in [0.717, 1.165) is 62.4 Å². The molecule has 2 aliphatic rings. The first-order valence-electron chi connectivity index (χ1n) is 18.1. The fourth-order valence-electron chi connectivity index (χ4n) is 6.84. The molecule has 0 saturated carbocycles. The molecular formula is C41H53N5O7. The van der Waals surface area contributed by atoms with E-state index in [1.54, 1.807) is 0 Å². The van der Waals surface area contributed by atoms with Gasteiger partial charge in [-0.1, -0.05) is 48.5 Å². The van der Waals surface area contributed by atoms with Crippen molar-refractivity contribution in [2.45, 2.75) is 104 Å². The van der Waals surface area contributed by atoms with Crippen molar-refractivity contribution in [3.8, 4) is 16.9 Å². The van der Waals surface area contributed by atoms with Gasteiger partial charge in [-0.15, -0.1) is 0 Å². The Morgan fingerprint density at radius 3 is 2.21 bits per heavy atom. The number of benzene rings is 3. The minimum atomic E-state index is -1.22. The van der Waals surface area contributed by atoms with Crippen molar-refractivity contribution in [1.82, 2.24) is 10.6 Å². The number of nitrogens with one attached hydrogen (secondary N) is 4. The average Bonchev–Trinajstić information content (AvgIpc) is 3.61. The number of ether oxygens (including phenoxy) is 4. The number of guanidine groups is 1. The van der Waals surface area contributed by atoms with Gasteiger partial charge in [0.05, 0.1) is 12.2 Å². The maximum Gasteiger partial charge on any atom is 0.407 e. The fraction of sp³-hybridized carbons (Fsp3) is 0.463. The molecule has 1 amide bonds. The number of nitrogens with two attached hydrogens (primary N) is 1. The molecule has 2 atom stereocenters. The summed E-state index contributed by atoms with van der Waals surface area (Å²) in [6.07, 6.45) is 0.376. The number of carbonyl (C=O) groups excluding carboxylic acids is 3. The van der Waals surface area contributed by atoms with Gasteiger partial charge in [-0.2, -0.15) is 0 Å². The molecular weight excluding hydrogens is 674 g/mol. The predicted molar refractivity (Wildman–Crippen MR) is 204 cm³/mol. The van der Waals surface area contributed by atoms with Crippen molar-refractivity contribution in [2.75, 3.05) is 25.1 Å². The molecule has 0 bridgehead atoms. The average molecular weight is 728 g/mol. The molecule has 1 aliphatic heterocycles. The monoisotopic (exact) mass is 727 g/mol. The topological polar surface area (TPSA) is 174 Å². The van der Waals surface area contributed by atoms with Crippen molar-refractivity contribution in [3.05, 3.63) is 81.9 Å². The van der Waals surface area contributed by atoms with E-state index in [2.05, 4.69) is 29.8 Å². The summed E-state index contributed by atoms with van der Waals surface area (Å²) in [5, 5.41) is 17.5. The molecule has 5 rings (SSSR count). The van der Waals surface area contributed by atoms with Crippen molar-refractivity contribution < 1.29 is 33.3 Å². The first-order chi connectivity index (χ1) is 25.0. The van der Waals surface area contributed by atoms with Gasteiger partial charge in [-0.3, -0.25) is 5.41 Å². The lowest BCUT2D eigenvalue weighted by Gasteiger charge is -2.22. The van der Waals surface area contributed by atoms with Crippen LogP contribution in [0.1, 0.15) is 86.8 Å². The maximum atomic E-state index is 13.3. The van der Waals surface area contributed by atoms with E-state index in [9.17, 15) is 14.4 Å². The molecule has 0 fully saturated rings. The minimum absolute atomic E-state index is 0.0462. The highest BCUT2D eigenvalue weighted by Crippen LogP contribution is 2.45. The van der Waals surface area contributed by atoms with Crippen LogP contribution in [0, 0.1) is 26.2 Å². The second-order valence-electron chi connectivity index (χ2n) is 15.5. The Bertz CT molecular complexity index is 1840. The van der Waals surface area contributed by atoms with Crippen LogP contribution in [-0.2, 0) is 30.2 Å². The van der Waals surface area contributed by atoms with Crippen LogP contribution in [0.15, 0.2) is 48.5 Å². The number of anilines is 1. The zero-order valence-corrected chi connectivity index (χ0v) is 32.0. The number of esters is 2. The van der Waals surface area contributed by atoms with Crippen LogP contribution in [0.25, 0.3) is 11.1 Å². The molecule has 12 heteroatoms. The number of hydrogen-bond acceptors (Lipinski definition) is 9. The van der Waals surface area contributed by atoms with Gasteiger partial charge >= 0.3 is 18.0 Å². The van der Waals surface area contributed by atoms with Crippen LogP contribution in [0.4, 0.5) is 10.5 Å². The lowest BCUT2D eigenvalue weighted by Crippen LogP contribution is -2.46. The van der Waals surface area contributed by atoms with Crippen LogP contribution < -0.4 is 26.4 Å². The molecule has 3 aromatic rings. The molecule has 0 spiro atoms. The van der Waals surface area contributed by atoms with Gasteiger partial charge in [0.15, 0.2) is 5.96 Å². The van der Waals surface area contributed by atoms with Crippen LogP contribution >= 0.6 is 0 Å². The largest absolute Gasteiger partial charge is 0.487 e. The molecule has 0 unspecified atom stereocenters. The highest BCUT2D eigenvalue weighted by atomic mass is 16.6. The predicted octanol–water partition coefficient (Wildman–Crippen LogP) is 6.16. The molecule has 0 radical (unpaired) electrons. The number of fused-ring (bicyclic) bond motifs is 4. The normalized spacial score (nSPS) is 15.3. The first-order valence-corrected chi connectivity index (χ1v) is 18.1. The van der Waals surface area contributed by atoms with E-state index in [0.29, 0.717) is 6.42 Å². The molecule has 0 saturated heterocycles. The highest BCUT2D eigenvalue weighted by molar-refractivity contribution is 5.94. The van der Waals surface area contributed by atoms with Crippen LogP contribution in [0.3, 0.4) is 0 Å². The third-order valence-electron chi connectivity index (χ3n) is 9.70. The van der Waals surface area contributed by atoms with Gasteiger partial charge in [0.2, 0.25) is 0 Å². The number of hydrogen-bond donors (Lipinski definition) is 5. The summed E-state index contributed by atoms with van der Waals surface area (Å²) in [5.74, 6) is -1.11. The summed E-state index contributed by atoms with van der Waals surface area (Å²) in [5.41, 5.74) is 14.4. The van der Waals surface area contributed by atoms with Crippen LogP contribution in [-0.4, -0.2) is 67.0 Å². The molecule has 1 heterocycles. The minimum Gasteiger partial charge on any atom is -0.487 e. The third-order valence-corrected chi connectivity index (χ3v) is 9.70. The maximum absolute atomic E-state index is 13.3. The summed E-state index contributed by atoms with van der Waals surface area (Å²) in [6, 6.07) is 13.6. The SMILES string of the molecule is Cc1c(C)c2c(c(C)c1NC(=N)NCCC[C@H](NC(=O)OCC1c3ccccc3-c3ccccc31)C(=O)OC(=O)[C@@H](N)COC(C)(C)C)CC(C)(C)O2. The molecule has 12 nitrogen and oxygen atoms in total. The molecule has 284 valence electrons. The van der Waals surface area contributed by atoms with Gasteiger partial charge < -0.3 is 40.6 Å². The Morgan fingerprint density at radius 2 is 1.58 bits per heavy atom. The number of carbonyl (C=O) groups is 3. The first kappa shape index (κ1) is 39.3. The standard InChI is InChI=1S/C41H53N5O7/c1-23-24(2)35-30(20-41(7,8)53-35)25(3)34(23)46-38(43)44-19-13-18-33(37(48)52-36(47)32(42)22-51-40(4,5)6)45-39(49)50-21-31-28-16-11-9-14-26(28)27-15-10-12-17-29(27)31/h9-12,14-17,31-33H,13,18-22,42H2,1-8H3,(H,45,49)(H3,43,44,46)/t32-,33-/m0/s1. The second kappa shape index (κ2) is 16.0. The molecule has 0 aromatic heterocycles. The Labute approximate surface area is 312 Å². The second-order valence-corrected chi connectivity index (χ2v) is 15.5. The smallest absolute Gasteiger partial charge is 0.407 e. The molecule has 1 aliphatic carbocycles. The van der Waals surface area contributed by atoms with Gasteiger partial charge in [0.1, 0.15) is 30.0 Å². The van der Waals surface area contributed by atoms with E-state index in [4.69, 9.17) is 30.1 Å². The third kappa shape index (κ3) is 9.36. The fourth-order valence-corrected chi connectivity index (χ4v) is 6.84. The van der Waals surface area contributed by atoms with Gasteiger partial charge in [0, 0.05) is 30.1 Å². The summed E-state index contributed by atoms with van der Waals surface area (Å²) in [7, 11) is 0.